The van der Waals surface area contributed by atoms with E-state index in [0.717, 1.165) is 10.6 Å². The average molecular weight is 273 g/mol. The lowest BCUT2D eigenvalue weighted by atomic mass is 10.3. The smallest absolute Gasteiger partial charge is 0.154 e. The molecule has 5 heteroatoms. The van der Waals surface area contributed by atoms with Gasteiger partial charge in [0.2, 0.25) is 0 Å². The van der Waals surface area contributed by atoms with Gasteiger partial charge in [-0.15, -0.1) is 11.8 Å². The van der Waals surface area contributed by atoms with Gasteiger partial charge < -0.3 is 5.32 Å². The number of para-hydroxylation sites is 1. The molecule has 3 nitrogen and oxygen atoms in total. The zero-order valence-corrected chi connectivity index (χ0v) is 12.1. The minimum atomic E-state index is -2.96. The number of rotatable bonds is 6. The van der Waals surface area contributed by atoms with E-state index in [4.69, 9.17) is 0 Å². The zero-order valence-electron chi connectivity index (χ0n) is 10.4. The van der Waals surface area contributed by atoms with E-state index in [-0.39, 0.29) is 11.0 Å². The Morgan fingerprint density at radius 1 is 1.29 bits per heavy atom. The number of sulfone groups is 1. The highest BCUT2D eigenvalue weighted by molar-refractivity contribution is 7.98. The first-order chi connectivity index (χ1) is 7.97. The van der Waals surface area contributed by atoms with Crippen LogP contribution in [0.25, 0.3) is 0 Å². The summed E-state index contributed by atoms with van der Waals surface area (Å²) in [6, 6.07) is 7.90. The van der Waals surface area contributed by atoms with Gasteiger partial charge in [-0.3, -0.25) is 0 Å². The quantitative estimate of drug-likeness (QED) is 0.809. The normalized spacial score (nSPS) is 11.8. The van der Waals surface area contributed by atoms with Gasteiger partial charge in [-0.25, -0.2) is 8.42 Å². The molecule has 0 spiro atoms. The molecule has 0 aromatic heterocycles. The number of hydrogen-bond acceptors (Lipinski definition) is 4. The predicted octanol–water partition coefficient (Wildman–Crippen LogP) is 2.64. The first-order valence-electron chi connectivity index (χ1n) is 5.56. The van der Waals surface area contributed by atoms with E-state index in [2.05, 4.69) is 5.32 Å². The first-order valence-corrected chi connectivity index (χ1v) is 8.50. The van der Waals surface area contributed by atoms with Crippen molar-refractivity contribution < 1.29 is 8.42 Å². The molecule has 17 heavy (non-hydrogen) atoms. The van der Waals surface area contributed by atoms with Crippen molar-refractivity contribution in [3.05, 3.63) is 24.3 Å². The Labute approximate surface area is 108 Å². The monoisotopic (exact) mass is 273 g/mol. The minimum absolute atomic E-state index is 0.174. The van der Waals surface area contributed by atoms with Gasteiger partial charge >= 0.3 is 0 Å². The molecule has 0 aliphatic carbocycles. The van der Waals surface area contributed by atoms with E-state index in [9.17, 15) is 8.42 Å². The van der Waals surface area contributed by atoms with E-state index in [0.29, 0.717) is 6.54 Å². The predicted molar refractivity (Wildman–Crippen MR) is 75.6 cm³/mol. The van der Waals surface area contributed by atoms with Crippen molar-refractivity contribution in [1.29, 1.82) is 0 Å². The van der Waals surface area contributed by atoms with Crippen LogP contribution in [0.5, 0.6) is 0 Å². The van der Waals surface area contributed by atoms with Crippen LogP contribution < -0.4 is 5.32 Å². The van der Waals surface area contributed by atoms with Crippen molar-refractivity contribution >= 4 is 27.3 Å². The highest BCUT2D eigenvalue weighted by atomic mass is 32.2. The van der Waals surface area contributed by atoms with Crippen molar-refractivity contribution in [1.82, 2.24) is 0 Å². The fourth-order valence-electron chi connectivity index (χ4n) is 1.35. The molecular weight excluding hydrogens is 254 g/mol. The molecule has 0 aliphatic rings. The molecule has 1 N–H and O–H groups in total. The van der Waals surface area contributed by atoms with E-state index >= 15 is 0 Å². The summed E-state index contributed by atoms with van der Waals surface area (Å²) in [5, 5.41) is 2.87. The van der Waals surface area contributed by atoms with E-state index in [1.165, 1.54) is 0 Å². The standard InChI is InChI=1S/C12H19NO2S2/c1-10(2)17(14,15)9-8-13-11-6-4-5-7-12(11)16-3/h4-7,10,13H,8-9H2,1-3H3. The van der Waals surface area contributed by atoms with Gasteiger partial charge in [-0.1, -0.05) is 12.1 Å². The molecule has 0 heterocycles. The van der Waals surface area contributed by atoms with E-state index < -0.39 is 9.84 Å². The summed E-state index contributed by atoms with van der Waals surface area (Å²) in [6.07, 6.45) is 2.01. The second-order valence-corrected chi connectivity index (χ2v) is 7.57. The summed E-state index contributed by atoms with van der Waals surface area (Å²) >= 11 is 1.65. The molecule has 0 aliphatic heterocycles. The average Bonchev–Trinajstić information content (AvgIpc) is 2.29. The van der Waals surface area contributed by atoms with E-state index in [1.807, 2.05) is 30.5 Å². The molecule has 0 unspecified atom stereocenters. The zero-order chi connectivity index (χ0) is 12.9. The molecule has 1 rings (SSSR count). The molecule has 0 fully saturated rings. The Morgan fingerprint density at radius 2 is 1.94 bits per heavy atom. The lowest BCUT2D eigenvalue weighted by Gasteiger charge is -2.11. The third kappa shape index (κ3) is 4.24. The largest absolute Gasteiger partial charge is 0.383 e. The molecular formula is C12H19NO2S2. The van der Waals surface area contributed by atoms with Gasteiger partial charge in [-0.2, -0.15) is 0 Å². The number of thioether (sulfide) groups is 1. The van der Waals surface area contributed by atoms with Crippen LogP contribution in [0, 0.1) is 0 Å². The molecule has 0 atom stereocenters. The number of benzene rings is 1. The maximum Gasteiger partial charge on any atom is 0.154 e. The summed E-state index contributed by atoms with van der Waals surface area (Å²) < 4.78 is 23.3. The molecule has 0 bridgehead atoms. The van der Waals surface area contributed by atoms with Gasteiger partial charge in [0.25, 0.3) is 0 Å². The molecule has 0 saturated heterocycles. The van der Waals surface area contributed by atoms with Crippen LogP contribution in [0.3, 0.4) is 0 Å². The molecule has 1 aromatic rings. The van der Waals surface area contributed by atoms with Crippen LogP contribution >= 0.6 is 11.8 Å². The molecule has 96 valence electrons. The van der Waals surface area contributed by atoms with Gasteiger partial charge in [-0.05, 0) is 32.2 Å². The van der Waals surface area contributed by atoms with Gasteiger partial charge in [0.05, 0.1) is 11.0 Å². The van der Waals surface area contributed by atoms with Crippen molar-refractivity contribution in [2.75, 3.05) is 23.9 Å². The third-order valence-electron chi connectivity index (χ3n) is 2.53. The first kappa shape index (κ1) is 14.4. The fourth-order valence-corrected chi connectivity index (χ4v) is 2.79. The number of anilines is 1. The van der Waals surface area contributed by atoms with Gasteiger partial charge in [0, 0.05) is 17.1 Å². The Balaban J connectivity index is 2.57. The van der Waals surface area contributed by atoms with Gasteiger partial charge in [0.1, 0.15) is 0 Å². The molecule has 0 amide bonds. The highest BCUT2D eigenvalue weighted by Crippen LogP contribution is 2.24. The molecule has 0 radical (unpaired) electrons. The Kier molecular flexibility index (Phi) is 5.33. The maximum atomic E-state index is 11.6. The molecule has 0 saturated carbocycles. The second kappa shape index (κ2) is 6.31. The Hall–Kier alpha value is -0.680. The SMILES string of the molecule is CSc1ccccc1NCCS(=O)(=O)C(C)C. The summed E-state index contributed by atoms with van der Waals surface area (Å²) in [4.78, 5) is 1.13. The van der Waals surface area contributed by atoms with Crippen LogP contribution in [0.1, 0.15) is 13.8 Å². The summed E-state index contributed by atoms with van der Waals surface area (Å²) in [5.41, 5.74) is 0.999. The molecule has 1 aromatic carbocycles. The van der Waals surface area contributed by atoms with Crippen LogP contribution in [0.2, 0.25) is 0 Å². The minimum Gasteiger partial charge on any atom is -0.383 e. The van der Waals surface area contributed by atoms with Crippen molar-refractivity contribution in [2.45, 2.75) is 24.0 Å². The van der Waals surface area contributed by atoms with Crippen LogP contribution in [0.15, 0.2) is 29.2 Å². The van der Waals surface area contributed by atoms with Gasteiger partial charge in [0.15, 0.2) is 9.84 Å². The Bertz CT molecular complexity index is 455. The van der Waals surface area contributed by atoms with E-state index in [1.54, 1.807) is 25.6 Å². The lowest BCUT2D eigenvalue weighted by Crippen LogP contribution is -2.23. The lowest BCUT2D eigenvalue weighted by molar-refractivity contribution is 0.588. The summed E-state index contributed by atoms with van der Waals surface area (Å²) in [6.45, 7) is 3.88. The number of nitrogens with one attached hydrogen (secondary N) is 1. The Morgan fingerprint density at radius 3 is 2.53 bits per heavy atom. The van der Waals surface area contributed by atoms with Crippen molar-refractivity contribution in [3.8, 4) is 0 Å². The summed E-state index contributed by atoms with van der Waals surface area (Å²) in [7, 11) is -2.96. The second-order valence-electron chi connectivity index (χ2n) is 4.04. The fraction of sp³-hybridized carbons (Fsp3) is 0.500. The van der Waals surface area contributed by atoms with Crippen LogP contribution in [-0.4, -0.2) is 32.2 Å². The van der Waals surface area contributed by atoms with Crippen molar-refractivity contribution in [3.63, 3.8) is 0 Å². The highest BCUT2D eigenvalue weighted by Gasteiger charge is 2.15. The van der Waals surface area contributed by atoms with Crippen LogP contribution in [0.4, 0.5) is 5.69 Å². The summed E-state index contributed by atoms with van der Waals surface area (Å²) in [5.74, 6) is 0.174. The van der Waals surface area contributed by atoms with Crippen LogP contribution in [-0.2, 0) is 9.84 Å². The number of hydrogen-bond donors (Lipinski definition) is 1. The topological polar surface area (TPSA) is 46.2 Å². The van der Waals surface area contributed by atoms with Crippen molar-refractivity contribution in [2.24, 2.45) is 0 Å². The third-order valence-corrected chi connectivity index (χ3v) is 5.53. The maximum absolute atomic E-state index is 11.6.